The maximum Gasteiger partial charge on any atom is 0.472 e. The van der Waals surface area contributed by atoms with Gasteiger partial charge in [-0.25, -0.2) is 4.57 Å². The van der Waals surface area contributed by atoms with Crippen LogP contribution >= 0.6 is 7.82 Å². The molecule has 0 fully saturated rings. The number of unbranched alkanes of at least 4 members (excludes halogenated alkanes) is 19. The minimum absolute atomic E-state index is 0.00496. The van der Waals surface area contributed by atoms with E-state index >= 15 is 0 Å². The zero-order chi connectivity index (χ0) is 41.2. The number of nitrogens with two attached hydrogens (primary N) is 1. The van der Waals surface area contributed by atoms with Gasteiger partial charge in [-0.3, -0.25) is 18.6 Å². The van der Waals surface area contributed by atoms with E-state index in [0.29, 0.717) is 19.3 Å². The van der Waals surface area contributed by atoms with E-state index in [0.717, 1.165) is 38.5 Å². The summed E-state index contributed by atoms with van der Waals surface area (Å²) in [5.41, 5.74) is 5.34. The predicted octanol–water partition coefficient (Wildman–Crippen LogP) is 11.7. The highest BCUT2D eigenvalue weighted by molar-refractivity contribution is 7.47. The summed E-state index contributed by atoms with van der Waals surface area (Å²) in [6.07, 6.45) is 43.1. The summed E-state index contributed by atoms with van der Waals surface area (Å²) in [5, 5.41) is 10.3. The molecule has 0 aliphatic carbocycles. The molecule has 0 aliphatic heterocycles. The van der Waals surface area contributed by atoms with Gasteiger partial charge < -0.3 is 25.2 Å². The van der Waals surface area contributed by atoms with Crippen LogP contribution in [0.2, 0.25) is 0 Å². The number of carbonyl (C=O) groups excluding carboxylic acids is 2. The van der Waals surface area contributed by atoms with Gasteiger partial charge in [0.05, 0.1) is 19.3 Å². The zero-order valence-corrected chi connectivity index (χ0v) is 36.4. The molecule has 2 unspecified atom stereocenters. The van der Waals surface area contributed by atoms with Gasteiger partial charge in [-0.1, -0.05) is 159 Å². The van der Waals surface area contributed by atoms with E-state index in [9.17, 15) is 24.2 Å². The van der Waals surface area contributed by atoms with Crippen LogP contribution in [0.5, 0.6) is 0 Å². The van der Waals surface area contributed by atoms with E-state index < -0.39 is 38.6 Å². The molecule has 0 spiro atoms. The van der Waals surface area contributed by atoms with Crippen LogP contribution in [0.15, 0.2) is 48.6 Å². The average molecular weight is 812 g/mol. The quantitative estimate of drug-likeness (QED) is 0.0179. The van der Waals surface area contributed by atoms with Crippen molar-refractivity contribution in [2.45, 2.75) is 199 Å². The Kier molecular flexibility index (Phi) is 39.6. The van der Waals surface area contributed by atoms with Crippen LogP contribution in [0.3, 0.4) is 0 Å². The Morgan fingerprint density at radius 3 is 1.71 bits per heavy atom. The SMILES string of the molecule is CCCCCCCC/C=C\CCCCCCCCCC(=O)OC[C@H](COP(=O)(O)OCCN)OC(=O)CCCC(O)/C=C/C=C/C/C=C/CCCCCCCC. The van der Waals surface area contributed by atoms with Crippen molar-refractivity contribution in [1.29, 1.82) is 0 Å². The van der Waals surface area contributed by atoms with Crippen LogP contribution in [0, 0.1) is 0 Å². The number of rotatable bonds is 41. The summed E-state index contributed by atoms with van der Waals surface area (Å²) >= 11 is 0. The van der Waals surface area contributed by atoms with Crippen molar-refractivity contribution in [2.24, 2.45) is 5.73 Å². The summed E-state index contributed by atoms with van der Waals surface area (Å²) in [5.74, 6) is -1.03. The fourth-order valence-electron chi connectivity index (χ4n) is 5.93. The number of aliphatic hydroxyl groups is 1. The van der Waals surface area contributed by atoms with E-state index in [-0.39, 0.29) is 32.6 Å². The highest BCUT2D eigenvalue weighted by Gasteiger charge is 2.26. The Labute approximate surface area is 341 Å². The molecule has 0 saturated carbocycles. The van der Waals surface area contributed by atoms with Crippen molar-refractivity contribution in [3.05, 3.63) is 48.6 Å². The lowest BCUT2D eigenvalue weighted by Crippen LogP contribution is -2.29. The molecule has 11 heteroatoms. The first kappa shape index (κ1) is 53.9. The van der Waals surface area contributed by atoms with Crippen molar-refractivity contribution in [2.75, 3.05) is 26.4 Å². The van der Waals surface area contributed by atoms with Crippen molar-refractivity contribution in [3.63, 3.8) is 0 Å². The molecule has 0 saturated heterocycles. The number of esters is 2. The molecule has 3 atom stereocenters. The standard InChI is InChI=1S/C45H82NO9P/c1-3-5-7-9-11-13-15-17-18-19-20-22-24-26-28-30-32-36-44(48)52-40-43(41-54-56(50,51)53-39-38-46)55-45(49)37-33-35-42(47)34-31-29-27-25-23-21-16-14-12-10-8-6-4-2/h17-18,21,23,27,29,31,34,42-43,47H,3-16,19-20,22,24-26,28,30,32-33,35-41,46H2,1-2H3,(H,50,51)/b18-17-,23-21+,29-27+,34-31+/t42?,43-/m1/s1. The number of hydrogen-bond donors (Lipinski definition) is 3. The van der Waals surface area contributed by atoms with Gasteiger partial charge in [0, 0.05) is 19.4 Å². The lowest BCUT2D eigenvalue weighted by atomic mass is 10.1. The van der Waals surface area contributed by atoms with Gasteiger partial charge in [0.25, 0.3) is 0 Å². The largest absolute Gasteiger partial charge is 0.472 e. The van der Waals surface area contributed by atoms with Gasteiger partial charge in [-0.05, 0) is 64.2 Å². The van der Waals surface area contributed by atoms with E-state index in [1.165, 1.54) is 103 Å². The van der Waals surface area contributed by atoms with Gasteiger partial charge >= 0.3 is 19.8 Å². The van der Waals surface area contributed by atoms with Gasteiger partial charge in [0.15, 0.2) is 6.10 Å². The topological polar surface area (TPSA) is 155 Å². The van der Waals surface area contributed by atoms with Crippen LogP contribution in [-0.2, 0) is 32.7 Å². The van der Waals surface area contributed by atoms with E-state index in [1.807, 2.05) is 12.2 Å². The molecule has 326 valence electrons. The molecule has 0 aromatic carbocycles. The van der Waals surface area contributed by atoms with Crippen LogP contribution in [0.25, 0.3) is 0 Å². The van der Waals surface area contributed by atoms with Crippen LogP contribution in [0.4, 0.5) is 0 Å². The minimum atomic E-state index is -4.43. The first-order valence-electron chi connectivity index (χ1n) is 22.2. The summed E-state index contributed by atoms with van der Waals surface area (Å²) in [6.45, 7) is 3.50. The first-order chi connectivity index (χ1) is 27.2. The second-order valence-corrected chi connectivity index (χ2v) is 16.2. The molecule has 0 heterocycles. The molecular formula is C45H82NO9P. The average Bonchev–Trinajstić information content (AvgIpc) is 3.18. The van der Waals surface area contributed by atoms with Crippen molar-refractivity contribution in [3.8, 4) is 0 Å². The summed E-state index contributed by atoms with van der Waals surface area (Å²) in [7, 11) is -4.43. The first-order valence-corrected chi connectivity index (χ1v) is 23.7. The molecule has 4 N–H and O–H groups in total. The van der Waals surface area contributed by atoms with E-state index in [1.54, 1.807) is 12.2 Å². The zero-order valence-electron chi connectivity index (χ0n) is 35.5. The molecular weight excluding hydrogens is 729 g/mol. The molecule has 0 radical (unpaired) electrons. The van der Waals surface area contributed by atoms with Gasteiger partial charge in [-0.15, -0.1) is 0 Å². The highest BCUT2D eigenvalue weighted by atomic mass is 31.2. The third-order valence-corrected chi connectivity index (χ3v) is 10.3. The maximum absolute atomic E-state index is 12.6. The van der Waals surface area contributed by atoms with E-state index in [2.05, 4.69) is 38.2 Å². The maximum atomic E-state index is 12.6. The Morgan fingerprint density at radius 2 is 1.14 bits per heavy atom. The minimum Gasteiger partial charge on any atom is -0.462 e. The number of phosphoric acid groups is 1. The Balaban J connectivity index is 4.33. The fourth-order valence-corrected chi connectivity index (χ4v) is 6.70. The normalized spacial score (nSPS) is 14.3. The molecule has 0 aromatic heterocycles. The third-order valence-electron chi connectivity index (χ3n) is 9.29. The Bertz CT molecular complexity index is 1080. The lowest BCUT2D eigenvalue weighted by Gasteiger charge is -2.20. The number of aliphatic hydroxyl groups excluding tert-OH is 1. The molecule has 0 aliphatic rings. The number of phosphoric ester groups is 1. The van der Waals surface area contributed by atoms with Crippen molar-refractivity contribution >= 4 is 19.8 Å². The van der Waals surface area contributed by atoms with E-state index in [4.69, 9.17) is 24.3 Å². The summed E-state index contributed by atoms with van der Waals surface area (Å²) in [4.78, 5) is 34.9. The molecule has 0 amide bonds. The number of carbonyl (C=O) groups is 2. The molecule has 56 heavy (non-hydrogen) atoms. The van der Waals surface area contributed by atoms with Gasteiger partial charge in [0.2, 0.25) is 0 Å². The molecule has 10 nitrogen and oxygen atoms in total. The second kappa shape index (κ2) is 41.1. The van der Waals surface area contributed by atoms with Crippen molar-refractivity contribution in [1.82, 2.24) is 0 Å². The summed E-state index contributed by atoms with van der Waals surface area (Å²) in [6, 6.07) is 0. The van der Waals surface area contributed by atoms with Crippen LogP contribution < -0.4 is 5.73 Å². The van der Waals surface area contributed by atoms with Gasteiger partial charge in [-0.2, -0.15) is 0 Å². The smallest absolute Gasteiger partial charge is 0.462 e. The lowest BCUT2D eigenvalue weighted by molar-refractivity contribution is -0.161. The predicted molar refractivity (Wildman–Crippen MR) is 230 cm³/mol. The second-order valence-electron chi connectivity index (χ2n) is 14.8. The fraction of sp³-hybridized carbons (Fsp3) is 0.778. The molecule has 0 aromatic rings. The van der Waals surface area contributed by atoms with Crippen LogP contribution in [-0.4, -0.2) is 60.5 Å². The Morgan fingerprint density at radius 1 is 0.625 bits per heavy atom. The van der Waals surface area contributed by atoms with Crippen molar-refractivity contribution < 1.29 is 42.7 Å². The van der Waals surface area contributed by atoms with Gasteiger partial charge in [0.1, 0.15) is 6.61 Å². The number of allylic oxidation sites excluding steroid dienone is 7. The third kappa shape index (κ3) is 40.1. The summed E-state index contributed by atoms with van der Waals surface area (Å²) < 4.78 is 32.6. The number of ether oxygens (including phenoxy) is 2. The monoisotopic (exact) mass is 812 g/mol. The molecule has 0 rings (SSSR count). The molecule has 0 bridgehead atoms. The number of hydrogen-bond acceptors (Lipinski definition) is 9. The highest BCUT2D eigenvalue weighted by Crippen LogP contribution is 2.43. The van der Waals surface area contributed by atoms with Crippen LogP contribution in [0.1, 0.15) is 187 Å². The Hall–Kier alpha value is -2.07.